The number of hydrogen-bond donors (Lipinski definition) is 1. The topological polar surface area (TPSA) is 58.6 Å². The summed E-state index contributed by atoms with van der Waals surface area (Å²) in [7, 11) is 1.54. The van der Waals surface area contributed by atoms with Gasteiger partial charge in [0.15, 0.2) is 0 Å². The number of carbonyl (C=O) groups excluding carboxylic acids is 2. The Morgan fingerprint density at radius 2 is 1.90 bits per heavy atom. The minimum Gasteiger partial charge on any atom is -0.379 e. The van der Waals surface area contributed by atoms with Gasteiger partial charge >= 0.3 is 6.03 Å². The predicted octanol–water partition coefficient (Wildman–Crippen LogP) is 2.30. The first-order chi connectivity index (χ1) is 10.2. The lowest BCUT2D eigenvalue weighted by molar-refractivity contribution is -0.119. The smallest absolute Gasteiger partial charge is 0.328 e. The van der Waals surface area contributed by atoms with Gasteiger partial charge in [0.25, 0.3) is 0 Å². The van der Waals surface area contributed by atoms with E-state index in [0.29, 0.717) is 12.2 Å². The second-order valence-electron chi connectivity index (χ2n) is 4.98. The first-order valence-corrected chi connectivity index (χ1v) is 6.82. The van der Waals surface area contributed by atoms with Crippen LogP contribution in [0.15, 0.2) is 42.5 Å². The molecule has 5 heteroatoms. The van der Waals surface area contributed by atoms with E-state index < -0.39 is 6.03 Å². The van der Waals surface area contributed by atoms with Gasteiger partial charge in [-0.1, -0.05) is 36.4 Å². The lowest BCUT2D eigenvalue weighted by Crippen LogP contribution is -2.41. The third kappa shape index (κ3) is 2.48. The van der Waals surface area contributed by atoms with Gasteiger partial charge < -0.3 is 10.1 Å². The molecule has 0 bridgehead atoms. The molecule has 0 aromatic heterocycles. The molecule has 1 atom stereocenters. The molecular weight excluding hydrogens is 268 g/mol. The molecule has 1 fully saturated rings. The molecule has 1 unspecified atom stereocenters. The number of benzene rings is 2. The third-order valence-corrected chi connectivity index (χ3v) is 3.68. The fourth-order valence-electron chi connectivity index (χ4n) is 2.57. The number of methoxy groups -OCH3 is 1. The van der Waals surface area contributed by atoms with Crippen LogP contribution >= 0.6 is 0 Å². The highest BCUT2D eigenvalue weighted by Gasteiger charge is 2.30. The van der Waals surface area contributed by atoms with Crippen LogP contribution in [0.2, 0.25) is 0 Å². The summed E-state index contributed by atoms with van der Waals surface area (Å²) >= 11 is 0. The molecule has 0 radical (unpaired) electrons. The van der Waals surface area contributed by atoms with Crippen LogP contribution in [0.3, 0.4) is 0 Å². The Labute approximate surface area is 122 Å². The Balaban J connectivity index is 2.08. The van der Waals surface area contributed by atoms with Crippen LogP contribution in [0, 0.1) is 0 Å². The number of fused-ring (bicyclic) bond motifs is 1. The average molecular weight is 284 g/mol. The van der Waals surface area contributed by atoms with Gasteiger partial charge in [0.1, 0.15) is 0 Å². The minimum absolute atomic E-state index is 0.179. The first kappa shape index (κ1) is 13.6. The molecule has 108 valence electrons. The molecule has 1 saturated heterocycles. The lowest BCUT2D eigenvalue weighted by Gasteiger charge is -2.20. The van der Waals surface area contributed by atoms with Crippen LogP contribution in [0.25, 0.3) is 10.8 Å². The molecule has 21 heavy (non-hydrogen) atoms. The van der Waals surface area contributed by atoms with Crippen LogP contribution < -0.4 is 10.2 Å². The van der Waals surface area contributed by atoms with Gasteiger partial charge in [-0.25, -0.2) is 9.69 Å². The fourth-order valence-corrected chi connectivity index (χ4v) is 2.57. The van der Waals surface area contributed by atoms with E-state index in [1.807, 2.05) is 36.4 Å². The number of nitrogens with one attached hydrogen (secondary N) is 1. The predicted molar refractivity (Wildman–Crippen MR) is 80.2 cm³/mol. The van der Waals surface area contributed by atoms with Gasteiger partial charge in [0, 0.05) is 19.0 Å². The molecule has 0 aliphatic carbocycles. The van der Waals surface area contributed by atoms with E-state index in [9.17, 15) is 9.59 Å². The van der Waals surface area contributed by atoms with E-state index in [1.165, 1.54) is 12.0 Å². The number of imide groups is 1. The van der Waals surface area contributed by atoms with Crippen molar-refractivity contribution in [3.8, 4) is 0 Å². The summed E-state index contributed by atoms with van der Waals surface area (Å²) in [6.45, 7) is 0.336. The Morgan fingerprint density at radius 3 is 2.71 bits per heavy atom. The van der Waals surface area contributed by atoms with Crippen molar-refractivity contribution in [2.45, 2.75) is 12.5 Å². The summed E-state index contributed by atoms with van der Waals surface area (Å²) < 4.78 is 5.20. The van der Waals surface area contributed by atoms with Gasteiger partial charge in [-0.05, 0) is 11.5 Å². The molecule has 1 N–H and O–H groups in total. The largest absolute Gasteiger partial charge is 0.379 e. The summed E-state index contributed by atoms with van der Waals surface area (Å²) in [5.74, 6) is -0.256. The fraction of sp³-hybridized carbons (Fsp3) is 0.250. The normalized spacial score (nSPS) is 19.5. The number of hydrogen-bond acceptors (Lipinski definition) is 3. The number of nitrogens with zero attached hydrogens (tertiary/aromatic N) is 1. The molecule has 0 saturated carbocycles. The van der Waals surface area contributed by atoms with Gasteiger partial charge in [0.2, 0.25) is 5.91 Å². The van der Waals surface area contributed by atoms with Crippen LogP contribution in [0.1, 0.15) is 6.42 Å². The highest BCUT2D eigenvalue weighted by atomic mass is 16.5. The number of carbonyl (C=O) groups is 2. The molecule has 3 rings (SSSR count). The zero-order valence-electron chi connectivity index (χ0n) is 11.7. The van der Waals surface area contributed by atoms with Crippen molar-refractivity contribution in [3.63, 3.8) is 0 Å². The SMILES string of the molecule is COC1CNC(=O)N(c2cccc3ccccc23)C(=O)C1. The molecule has 1 heterocycles. The second kappa shape index (κ2) is 5.54. The minimum atomic E-state index is -0.407. The third-order valence-electron chi connectivity index (χ3n) is 3.68. The molecule has 1 aliphatic heterocycles. The molecule has 3 amide bonds. The molecule has 2 aromatic carbocycles. The van der Waals surface area contributed by atoms with E-state index in [2.05, 4.69) is 5.32 Å². The molecule has 0 spiro atoms. The van der Waals surface area contributed by atoms with Gasteiger partial charge in [-0.15, -0.1) is 0 Å². The second-order valence-corrected chi connectivity index (χ2v) is 4.98. The maximum Gasteiger partial charge on any atom is 0.328 e. The maximum absolute atomic E-state index is 12.4. The number of urea groups is 1. The highest BCUT2D eigenvalue weighted by molar-refractivity contribution is 6.19. The number of amides is 3. The Hall–Kier alpha value is -2.40. The summed E-state index contributed by atoms with van der Waals surface area (Å²) in [6.07, 6.45) is -0.111. The number of rotatable bonds is 2. The monoisotopic (exact) mass is 284 g/mol. The van der Waals surface area contributed by atoms with Crippen molar-refractivity contribution < 1.29 is 14.3 Å². The van der Waals surface area contributed by atoms with Crippen LogP contribution in [0.5, 0.6) is 0 Å². The quantitative estimate of drug-likeness (QED) is 0.920. The van der Waals surface area contributed by atoms with Crippen molar-refractivity contribution in [2.75, 3.05) is 18.6 Å². The van der Waals surface area contributed by atoms with Crippen molar-refractivity contribution >= 4 is 28.4 Å². The summed E-state index contributed by atoms with van der Waals surface area (Å²) in [5.41, 5.74) is 0.604. The zero-order valence-corrected chi connectivity index (χ0v) is 11.7. The van der Waals surface area contributed by atoms with Crippen LogP contribution in [-0.2, 0) is 9.53 Å². The molecule has 1 aliphatic rings. The van der Waals surface area contributed by atoms with Crippen molar-refractivity contribution in [3.05, 3.63) is 42.5 Å². The first-order valence-electron chi connectivity index (χ1n) is 6.82. The highest BCUT2D eigenvalue weighted by Crippen LogP contribution is 2.28. The Morgan fingerprint density at radius 1 is 1.14 bits per heavy atom. The number of ether oxygens (including phenoxy) is 1. The van der Waals surface area contributed by atoms with E-state index in [-0.39, 0.29) is 18.4 Å². The molecule has 2 aromatic rings. The standard InChI is InChI=1S/C16H16N2O3/c1-21-12-9-15(19)18(16(20)17-10-12)14-8-4-6-11-5-2-3-7-13(11)14/h2-8,12H,9-10H2,1H3,(H,17,20). The average Bonchev–Trinajstić information content (AvgIpc) is 2.65. The summed E-state index contributed by atoms with van der Waals surface area (Å²) in [4.78, 5) is 25.9. The lowest BCUT2D eigenvalue weighted by atomic mass is 10.1. The van der Waals surface area contributed by atoms with Gasteiger partial charge in [-0.3, -0.25) is 4.79 Å². The summed E-state index contributed by atoms with van der Waals surface area (Å²) in [6, 6.07) is 12.9. The molecule has 5 nitrogen and oxygen atoms in total. The Kier molecular flexibility index (Phi) is 3.58. The summed E-state index contributed by atoms with van der Waals surface area (Å²) in [5, 5.41) is 4.59. The van der Waals surface area contributed by atoms with Crippen LogP contribution in [0.4, 0.5) is 10.5 Å². The van der Waals surface area contributed by atoms with E-state index >= 15 is 0 Å². The van der Waals surface area contributed by atoms with E-state index in [4.69, 9.17) is 4.74 Å². The Bertz CT molecular complexity index is 693. The van der Waals surface area contributed by atoms with E-state index in [0.717, 1.165) is 10.8 Å². The van der Waals surface area contributed by atoms with Crippen LogP contribution in [-0.4, -0.2) is 31.7 Å². The number of anilines is 1. The van der Waals surface area contributed by atoms with Crippen molar-refractivity contribution in [1.29, 1.82) is 0 Å². The van der Waals surface area contributed by atoms with Gasteiger partial charge in [0.05, 0.1) is 18.2 Å². The van der Waals surface area contributed by atoms with E-state index in [1.54, 1.807) is 6.07 Å². The zero-order chi connectivity index (χ0) is 14.8. The van der Waals surface area contributed by atoms with Crippen molar-refractivity contribution in [2.24, 2.45) is 0 Å². The van der Waals surface area contributed by atoms with Gasteiger partial charge in [-0.2, -0.15) is 0 Å². The maximum atomic E-state index is 12.4. The van der Waals surface area contributed by atoms with Crippen molar-refractivity contribution in [1.82, 2.24) is 5.32 Å². The molecular formula is C16H16N2O3.